The van der Waals surface area contributed by atoms with Gasteiger partial charge in [-0.05, 0) is 29.8 Å². The van der Waals surface area contributed by atoms with Gasteiger partial charge in [0.2, 0.25) is 0 Å². The molecule has 0 spiro atoms. The van der Waals surface area contributed by atoms with Crippen molar-refractivity contribution in [3.8, 4) is 0 Å². The van der Waals surface area contributed by atoms with Crippen molar-refractivity contribution in [2.24, 2.45) is 0 Å². The standard InChI is InChI=1S/C21H19N3O2/c1-2-24-18-13-6-5-11-17(18)19(21(24)26)22-23-20(25)16-12-7-9-14-8-3-4-10-15(14)16/h3-13,19,22H,2H2,1H3,(H,23,25). The second kappa shape index (κ2) is 6.61. The van der Waals surface area contributed by atoms with Crippen LogP contribution in [0.1, 0.15) is 28.9 Å². The molecule has 1 atom stereocenters. The minimum atomic E-state index is -0.579. The minimum absolute atomic E-state index is 0.0630. The Kier molecular flexibility index (Phi) is 4.14. The van der Waals surface area contributed by atoms with Gasteiger partial charge in [-0.15, -0.1) is 0 Å². The molecule has 3 aromatic carbocycles. The number of nitrogens with one attached hydrogen (secondary N) is 2. The van der Waals surface area contributed by atoms with E-state index >= 15 is 0 Å². The number of para-hydroxylation sites is 1. The smallest absolute Gasteiger partial charge is 0.266 e. The summed E-state index contributed by atoms with van der Waals surface area (Å²) in [4.78, 5) is 27.1. The third-order valence-corrected chi connectivity index (χ3v) is 4.73. The zero-order valence-corrected chi connectivity index (χ0v) is 14.4. The van der Waals surface area contributed by atoms with Crippen molar-refractivity contribution in [3.63, 3.8) is 0 Å². The molecule has 0 saturated carbocycles. The zero-order chi connectivity index (χ0) is 18.1. The van der Waals surface area contributed by atoms with Gasteiger partial charge in [0, 0.05) is 23.4 Å². The van der Waals surface area contributed by atoms with Crippen LogP contribution < -0.4 is 15.8 Å². The number of nitrogens with zero attached hydrogens (tertiary/aromatic N) is 1. The molecule has 4 rings (SSSR count). The van der Waals surface area contributed by atoms with Gasteiger partial charge in [0.1, 0.15) is 6.04 Å². The van der Waals surface area contributed by atoms with Crippen molar-refractivity contribution in [2.45, 2.75) is 13.0 Å². The fraction of sp³-hybridized carbons (Fsp3) is 0.143. The number of carbonyl (C=O) groups is 2. The SMILES string of the molecule is CCN1C(=O)C(NNC(=O)c2cccc3ccccc23)c2ccccc21. The first-order chi connectivity index (χ1) is 12.7. The van der Waals surface area contributed by atoms with Crippen LogP contribution in [0.3, 0.4) is 0 Å². The Bertz CT molecular complexity index is 994. The molecule has 3 aromatic rings. The lowest BCUT2D eigenvalue weighted by molar-refractivity contribution is -0.120. The van der Waals surface area contributed by atoms with E-state index in [2.05, 4.69) is 10.9 Å². The quantitative estimate of drug-likeness (QED) is 0.714. The fourth-order valence-corrected chi connectivity index (χ4v) is 3.48. The lowest BCUT2D eigenvalue weighted by Gasteiger charge is -2.16. The van der Waals surface area contributed by atoms with E-state index < -0.39 is 6.04 Å². The van der Waals surface area contributed by atoms with Crippen molar-refractivity contribution >= 4 is 28.3 Å². The zero-order valence-electron chi connectivity index (χ0n) is 14.4. The van der Waals surface area contributed by atoms with Crippen molar-refractivity contribution in [1.29, 1.82) is 0 Å². The number of hydrogen-bond donors (Lipinski definition) is 2. The largest absolute Gasteiger partial charge is 0.311 e. The van der Waals surface area contributed by atoms with Crippen molar-refractivity contribution < 1.29 is 9.59 Å². The second-order valence-corrected chi connectivity index (χ2v) is 6.20. The predicted molar refractivity (Wildman–Crippen MR) is 102 cm³/mol. The van der Waals surface area contributed by atoms with E-state index in [1.165, 1.54) is 0 Å². The number of hydrazine groups is 1. The highest BCUT2D eigenvalue weighted by molar-refractivity contribution is 6.08. The summed E-state index contributed by atoms with van der Waals surface area (Å²) in [6.07, 6.45) is 0. The summed E-state index contributed by atoms with van der Waals surface area (Å²) in [5.74, 6) is -0.325. The number of rotatable bonds is 4. The monoisotopic (exact) mass is 345 g/mol. The van der Waals surface area contributed by atoms with Crippen LogP contribution >= 0.6 is 0 Å². The van der Waals surface area contributed by atoms with Crippen LogP contribution in [-0.2, 0) is 4.79 Å². The molecular formula is C21H19N3O2. The van der Waals surface area contributed by atoms with Gasteiger partial charge in [-0.1, -0.05) is 54.6 Å². The molecule has 0 aliphatic carbocycles. The fourth-order valence-electron chi connectivity index (χ4n) is 3.48. The van der Waals surface area contributed by atoms with Crippen LogP contribution in [0.15, 0.2) is 66.7 Å². The number of fused-ring (bicyclic) bond motifs is 2. The predicted octanol–water partition coefficient (Wildman–Crippen LogP) is 3.18. The molecule has 5 heteroatoms. The highest BCUT2D eigenvalue weighted by atomic mass is 16.2. The molecule has 1 aliphatic rings. The maximum atomic E-state index is 12.7. The van der Waals surface area contributed by atoms with Crippen LogP contribution in [0.2, 0.25) is 0 Å². The van der Waals surface area contributed by atoms with Gasteiger partial charge in [-0.25, -0.2) is 5.43 Å². The Labute approximate surface area is 151 Å². The van der Waals surface area contributed by atoms with Crippen molar-refractivity contribution in [2.75, 3.05) is 11.4 Å². The van der Waals surface area contributed by atoms with Crippen LogP contribution in [0.5, 0.6) is 0 Å². The Morgan fingerprint density at radius 1 is 1.00 bits per heavy atom. The van der Waals surface area contributed by atoms with E-state index in [1.54, 1.807) is 11.0 Å². The average Bonchev–Trinajstić information content (AvgIpc) is 2.96. The van der Waals surface area contributed by atoms with E-state index in [4.69, 9.17) is 0 Å². The van der Waals surface area contributed by atoms with E-state index in [-0.39, 0.29) is 11.8 Å². The van der Waals surface area contributed by atoms with Gasteiger partial charge in [0.05, 0.1) is 0 Å². The van der Waals surface area contributed by atoms with E-state index in [0.29, 0.717) is 12.1 Å². The molecule has 0 radical (unpaired) electrons. The summed E-state index contributed by atoms with van der Waals surface area (Å²) in [6.45, 7) is 2.52. The molecule has 2 N–H and O–H groups in total. The van der Waals surface area contributed by atoms with Gasteiger partial charge in [-0.2, -0.15) is 0 Å². The summed E-state index contributed by atoms with van der Waals surface area (Å²) >= 11 is 0. The Hall–Kier alpha value is -3.18. The van der Waals surface area contributed by atoms with Gasteiger partial charge >= 0.3 is 0 Å². The second-order valence-electron chi connectivity index (χ2n) is 6.20. The molecule has 2 amide bonds. The minimum Gasteiger partial charge on any atom is -0.311 e. The summed E-state index contributed by atoms with van der Waals surface area (Å²) < 4.78 is 0. The van der Waals surface area contributed by atoms with Crippen LogP contribution in [0.25, 0.3) is 10.8 Å². The molecule has 0 aromatic heterocycles. The maximum Gasteiger partial charge on any atom is 0.266 e. The number of hydrogen-bond acceptors (Lipinski definition) is 3. The molecule has 26 heavy (non-hydrogen) atoms. The normalized spacial score (nSPS) is 16.0. The van der Waals surface area contributed by atoms with Crippen LogP contribution in [0.4, 0.5) is 5.69 Å². The Morgan fingerprint density at radius 3 is 2.58 bits per heavy atom. The van der Waals surface area contributed by atoms with Crippen molar-refractivity contribution in [1.82, 2.24) is 10.9 Å². The van der Waals surface area contributed by atoms with Gasteiger partial charge in [0.25, 0.3) is 11.8 Å². The summed E-state index contributed by atoms with van der Waals surface area (Å²) in [7, 11) is 0. The molecule has 1 heterocycles. The number of likely N-dealkylation sites (N-methyl/N-ethyl adjacent to an activating group) is 1. The number of amides is 2. The highest BCUT2D eigenvalue weighted by Gasteiger charge is 2.36. The van der Waals surface area contributed by atoms with E-state index in [9.17, 15) is 9.59 Å². The molecular weight excluding hydrogens is 326 g/mol. The lowest BCUT2D eigenvalue weighted by Crippen LogP contribution is -2.44. The van der Waals surface area contributed by atoms with Gasteiger partial charge in [-0.3, -0.25) is 15.0 Å². The number of anilines is 1. The van der Waals surface area contributed by atoms with Gasteiger partial charge < -0.3 is 4.90 Å². The average molecular weight is 345 g/mol. The number of benzene rings is 3. The molecule has 0 bridgehead atoms. The van der Waals surface area contributed by atoms with Gasteiger partial charge in [0.15, 0.2) is 0 Å². The summed E-state index contributed by atoms with van der Waals surface area (Å²) in [5, 5.41) is 1.88. The number of carbonyl (C=O) groups excluding carboxylic acids is 2. The first kappa shape index (κ1) is 16.3. The first-order valence-electron chi connectivity index (χ1n) is 8.64. The lowest BCUT2D eigenvalue weighted by atomic mass is 10.0. The van der Waals surface area contributed by atoms with E-state index in [0.717, 1.165) is 22.0 Å². The molecule has 0 saturated heterocycles. The summed E-state index contributed by atoms with van der Waals surface area (Å²) in [5.41, 5.74) is 7.97. The first-order valence-corrected chi connectivity index (χ1v) is 8.64. The molecule has 5 nitrogen and oxygen atoms in total. The third kappa shape index (κ3) is 2.62. The van der Waals surface area contributed by atoms with E-state index in [1.807, 2.05) is 67.6 Å². The Balaban J connectivity index is 1.57. The van der Waals surface area contributed by atoms with Crippen molar-refractivity contribution in [3.05, 3.63) is 77.9 Å². The van der Waals surface area contributed by atoms with Crippen LogP contribution in [0, 0.1) is 0 Å². The molecule has 1 aliphatic heterocycles. The van der Waals surface area contributed by atoms with Crippen LogP contribution in [-0.4, -0.2) is 18.4 Å². The topological polar surface area (TPSA) is 61.4 Å². The Morgan fingerprint density at radius 2 is 1.73 bits per heavy atom. The summed E-state index contributed by atoms with van der Waals surface area (Å²) in [6, 6.07) is 20.4. The molecule has 130 valence electrons. The third-order valence-electron chi connectivity index (χ3n) is 4.73. The highest BCUT2D eigenvalue weighted by Crippen LogP contribution is 2.35. The maximum absolute atomic E-state index is 12.7. The molecule has 0 fully saturated rings. The molecule has 1 unspecified atom stereocenters.